The van der Waals surface area contributed by atoms with E-state index in [4.69, 9.17) is 10.5 Å². The summed E-state index contributed by atoms with van der Waals surface area (Å²) in [6, 6.07) is 8.24. The molecule has 20 heavy (non-hydrogen) atoms. The van der Waals surface area contributed by atoms with Gasteiger partial charge in [-0.1, -0.05) is 12.1 Å². The highest BCUT2D eigenvalue weighted by Gasteiger charge is 2.16. The van der Waals surface area contributed by atoms with Gasteiger partial charge < -0.3 is 10.5 Å². The van der Waals surface area contributed by atoms with Gasteiger partial charge in [-0.25, -0.2) is 4.98 Å². The fourth-order valence-corrected chi connectivity index (χ4v) is 3.19. The van der Waals surface area contributed by atoms with Crippen LogP contribution in [0.5, 0.6) is 5.75 Å². The number of rotatable bonds is 6. The number of ether oxygens (including phenoxy) is 1. The second-order valence-electron chi connectivity index (χ2n) is 4.91. The van der Waals surface area contributed by atoms with E-state index in [1.165, 1.54) is 10.4 Å². The van der Waals surface area contributed by atoms with Crippen molar-refractivity contribution in [2.24, 2.45) is 5.73 Å². The normalized spacial score (nSPS) is 12.4. The molecule has 0 aliphatic rings. The number of benzene rings is 1. The number of nitrogens with zero attached hydrogens (tertiary/aromatic N) is 1. The molecule has 1 aromatic heterocycles. The molecule has 4 heteroatoms. The van der Waals surface area contributed by atoms with E-state index in [2.05, 4.69) is 31.0 Å². The largest absolute Gasteiger partial charge is 0.494 e. The molecule has 1 aromatic carbocycles. The molecule has 1 unspecified atom stereocenters. The Kier molecular flexibility index (Phi) is 5.15. The molecule has 1 heterocycles. The third kappa shape index (κ3) is 3.58. The Bertz CT molecular complexity index is 546. The second-order valence-corrected chi connectivity index (χ2v) is 6.15. The van der Waals surface area contributed by atoms with Gasteiger partial charge in [0.2, 0.25) is 0 Å². The van der Waals surface area contributed by atoms with E-state index in [1.54, 1.807) is 11.3 Å². The van der Waals surface area contributed by atoms with Crippen molar-refractivity contribution in [2.45, 2.75) is 33.1 Å². The summed E-state index contributed by atoms with van der Waals surface area (Å²) in [5.74, 6) is 1.21. The van der Waals surface area contributed by atoms with Gasteiger partial charge in [0, 0.05) is 17.3 Å². The van der Waals surface area contributed by atoms with Crippen molar-refractivity contribution in [3.05, 3.63) is 45.4 Å². The number of hydrogen-bond donors (Lipinski definition) is 1. The van der Waals surface area contributed by atoms with Gasteiger partial charge in [0.05, 0.1) is 17.3 Å². The maximum Gasteiger partial charge on any atom is 0.119 e. The molecule has 0 radical (unpaired) electrons. The van der Waals surface area contributed by atoms with Gasteiger partial charge in [-0.05, 0) is 44.9 Å². The first-order chi connectivity index (χ1) is 9.63. The molecule has 1 atom stereocenters. The van der Waals surface area contributed by atoms with Gasteiger partial charge in [-0.3, -0.25) is 0 Å². The van der Waals surface area contributed by atoms with Gasteiger partial charge in [0.1, 0.15) is 5.75 Å². The Hall–Kier alpha value is -1.39. The average Bonchev–Trinajstić information content (AvgIpc) is 2.77. The molecular formula is C16H22N2OS. The molecule has 2 aromatic rings. The number of thiazole rings is 1. The topological polar surface area (TPSA) is 48.1 Å². The number of nitrogens with two attached hydrogens (primary N) is 1. The molecule has 0 amide bonds. The van der Waals surface area contributed by atoms with Crippen LogP contribution in [0.1, 0.15) is 34.0 Å². The van der Waals surface area contributed by atoms with Crippen LogP contribution in [0, 0.1) is 13.8 Å². The third-order valence-corrected chi connectivity index (χ3v) is 4.61. The highest BCUT2D eigenvalue weighted by molar-refractivity contribution is 7.11. The van der Waals surface area contributed by atoms with E-state index in [-0.39, 0.29) is 5.92 Å². The third-order valence-electron chi connectivity index (χ3n) is 3.37. The van der Waals surface area contributed by atoms with E-state index in [1.807, 2.05) is 19.1 Å². The summed E-state index contributed by atoms with van der Waals surface area (Å²) in [4.78, 5) is 5.92. The zero-order valence-corrected chi connectivity index (χ0v) is 13.2. The van der Waals surface area contributed by atoms with E-state index < -0.39 is 0 Å². The summed E-state index contributed by atoms with van der Waals surface area (Å²) in [6.07, 6.45) is 0.907. The minimum atomic E-state index is 0.282. The molecule has 2 N–H and O–H groups in total. The van der Waals surface area contributed by atoms with Crippen LogP contribution in [-0.2, 0) is 6.42 Å². The highest BCUT2D eigenvalue weighted by atomic mass is 32.1. The first kappa shape index (κ1) is 15.0. The Balaban J connectivity index is 2.15. The number of aryl methyl sites for hydroxylation is 2. The monoisotopic (exact) mass is 290 g/mol. The van der Waals surface area contributed by atoms with Crippen LogP contribution >= 0.6 is 11.3 Å². The molecule has 3 nitrogen and oxygen atoms in total. The Morgan fingerprint density at radius 1 is 1.35 bits per heavy atom. The Morgan fingerprint density at radius 2 is 2.15 bits per heavy atom. The zero-order valence-electron chi connectivity index (χ0n) is 12.3. The molecule has 2 rings (SSSR count). The minimum Gasteiger partial charge on any atom is -0.494 e. The fourth-order valence-electron chi connectivity index (χ4n) is 2.16. The summed E-state index contributed by atoms with van der Waals surface area (Å²) in [7, 11) is 0. The quantitative estimate of drug-likeness (QED) is 0.886. The fraction of sp³-hybridized carbons (Fsp3) is 0.438. The summed E-state index contributed by atoms with van der Waals surface area (Å²) in [6.45, 7) is 7.47. The van der Waals surface area contributed by atoms with Crippen LogP contribution < -0.4 is 10.5 Å². The lowest BCUT2D eigenvalue weighted by atomic mass is 10.00. The van der Waals surface area contributed by atoms with Crippen molar-refractivity contribution in [2.75, 3.05) is 13.2 Å². The molecule has 0 spiro atoms. The van der Waals surface area contributed by atoms with E-state index >= 15 is 0 Å². The summed E-state index contributed by atoms with van der Waals surface area (Å²) in [5, 5.41) is 1.14. The molecule has 108 valence electrons. The lowest BCUT2D eigenvalue weighted by Gasteiger charge is -2.13. The summed E-state index contributed by atoms with van der Waals surface area (Å²) < 4.78 is 5.55. The zero-order chi connectivity index (χ0) is 14.5. The van der Waals surface area contributed by atoms with E-state index in [9.17, 15) is 0 Å². The van der Waals surface area contributed by atoms with Crippen molar-refractivity contribution in [1.29, 1.82) is 0 Å². The first-order valence-electron chi connectivity index (χ1n) is 6.99. The van der Waals surface area contributed by atoms with Gasteiger partial charge >= 0.3 is 0 Å². The molecule has 0 saturated heterocycles. The van der Waals surface area contributed by atoms with E-state index in [0.29, 0.717) is 13.2 Å². The van der Waals surface area contributed by atoms with Crippen molar-refractivity contribution in [1.82, 2.24) is 4.98 Å². The Labute approximate surface area is 124 Å². The Morgan fingerprint density at radius 3 is 2.75 bits per heavy atom. The predicted molar refractivity (Wildman–Crippen MR) is 84.7 cm³/mol. The lowest BCUT2D eigenvalue weighted by molar-refractivity contribution is 0.340. The predicted octanol–water partition coefficient (Wildman–Crippen LogP) is 3.44. The second kappa shape index (κ2) is 6.86. The maximum atomic E-state index is 5.94. The molecule has 0 fully saturated rings. The summed E-state index contributed by atoms with van der Waals surface area (Å²) in [5.41, 5.74) is 8.31. The van der Waals surface area contributed by atoms with Crippen LogP contribution in [0.15, 0.2) is 24.3 Å². The van der Waals surface area contributed by atoms with Crippen LogP contribution in [-0.4, -0.2) is 18.1 Å². The molecular weight excluding hydrogens is 268 g/mol. The molecule has 0 aliphatic carbocycles. The van der Waals surface area contributed by atoms with Crippen LogP contribution in [0.2, 0.25) is 0 Å². The number of hydrogen-bond acceptors (Lipinski definition) is 4. The maximum absolute atomic E-state index is 5.94. The molecule has 0 aliphatic heterocycles. The van der Waals surface area contributed by atoms with Crippen LogP contribution in [0.25, 0.3) is 0 Å². The van der Waals surface area contributed by atoms with Crippen LogP contribution in [0.4, 0.5) is 0 Å². The van der Waals surface area contributed by atoms with Gasteiger partial charge in [-0.2, -0.15) is 0 Å². The molecule has 0 bridgehead atoms. The van der Waals surface area contributed by atoms with Gasteiger partial charge in [-0.15, -0.1) is 11.3 Å². The van der Waals surface area contributed by atoms with Crippen LogP contribution in [0.3, 0.4) is 0 Å². The van der Waals surface area contributed by atoms with Gasteiger partial charge in [0.15, 0.2) is 0 Å². The number of aromatic nitrogens is 1. The van der Waals surface area contributed by atoms with Crippen molar-refractivity contribution >= 4 is 11.3 Å². The van der Waals surface area contributed by atoms with Gasteiger partial charge in [0.25, 0.3) is 0 Å². The van der Waals surface area contributed by atoms with E-state index in [0.717, 1.165) is 22.9 Å². The smallest absolute Gasteiger partial charge is 0.119 e. The van der Waals surface area contributed by atoms with Crippen molar-refractivity contribution in [3.63, 3.8) is 0 Å². The van der Waals surface area contributed by atoms with Crippen molar-refractivity contribution < 1.29 is 4.74 Å². The SMILES string of the molecule is CCOc1cccc(CC(CN)c2nc(C)c(C)s2)c1. The molecule has 0 saturated carbocycles. The first-order valence-corrected chi connectivity index (χ1v) is 7.81. The average molecular weight is 290 g/mol. The minimum absolute atomic E-state index is 0.282. The highest BCUT2D eigenvalue weighted by Crippen LogP contribution is 2.27. The van der Waals surface area contributed by atoms with Crippen molar-refractivity contribution in [3.8, 4) is 5.75 Å². The lowest BCUT2D eigenvalue weighted by Crippen LogP contribution is -2.15. The summed E-state index contributed by atoms with van der Waals surface area (Å²) >= 11 is 1.76. The standard InChI is InChI=1S/C16H22N2OS/c1-4-19-15-7-5-6-13(9-15)8-14(10-17)16-18-11(2)12(3)20-16/h5-7,9,14H,4,8,10,17H2,1-3H3.